The zero-order valence-corrected chi connectivity index (χ0v) is 7.51. The van der Waals surface area contributed by atoms with E-state index in [4.69, 9.17) is 10.5 Å². The van der Waals surface area contributed by atoms with Crippen LogP contribution >= 0.6 is 0 Å². The molecule has 1 atom stereocenters. The molecular weight excluding hydrogens is 152 g/mol. The van der Waals surface area contributed by atoms with E-state index in [9.17, 15) is 0 Å². The van der Waals surface area contributed by atoms with Crippen LogP contribution in [0.5, 0.6) is 0 Å². The Hall–Kier alpha value is -0.120. The van der Waals surface area contributed by atoms with Gasteiger partial charge in [0.15, 0.2) is 0 Å². The molecule has 3 N–H and O–H groups in total. The zero-order valence-electron chi connectivity index (χ0n) is 7.51. The van der Waals surface area contributed by atoms with Crippen molar-refractivity contribution in [1.29, 1.82) is 0 Å². The maximum Gasteiger partial charge on any atom is 0.0659 e. The van der Waals surface area contributed by atoms with Gasteiger partial charge in [0.2, 0.25) is 0 Å². The number of hydrogen-bond acceptors (Lipinski definition) is 3. The summed E-state index contributed by atoms with van der Waals surface area (Å²) in [6.07, 6.45) is 5.05. The molecule has 0 bridgehead atoms. The number of ether oxygens (including phenoxy) is 1. The minimum Gasteiger partial charge on any atom is -0.379 e. The Balaban J connectivity index is 1.70. The van der Waals surface area contributed by atoms with E-state index in [1.54, 1.807) is 0 Å². The van der Waals surface area contributed by atoms with Gasteiger partial charge in [0.25, 0.3) is 0 Å². The highest BCUT2D eigenvalue weighted by molar-refractivity contribution is 4.92. The molecule has 70 valence electrons. The Morgan fingerprint density at radius 2 is 2.33 bits per heavy atom. The lowest BCUT2D eigenvalue weighted by Gasteiger charge is -2.31. The van der Waals surface area contributed by atoms with E-state index >= 15 is 0 Å². The van der Waals surface area contributed by atoms with Crippen LogP contribution in [0.25, 0.3) is 0 Å². The molecule has 0 spiro atoms. The molecule has 0 aromatic heterocycles. The van der Waals surface area contributed by atoms with Gasteiger partial charge in [-0.15, -0.1) is 0 Å². The number of hydrogen-bond donors (Lipinski definition) is 2. The van der Waals surface area contributed by atoms with E-state index in [0.717, 1.165) is 32.2 Å². The molecular formula is C9H18N2O. The predicted molar refractivity (Wildman–Crippen MR) is 48.0 cm³/mol. The Morgan fingerprint density at radius 3 is 2.83 bits per heavy atom. The molecule has 1 unspecified atom stereocenters. The summed E-state index contributed by atoms with van der Waals surface area (Å²) in [5, 5.41) is 3.50. The van der Waals surface area contributed by atoms with Crippen LogP contribution in [0, 0.1) is 0 Å². The Morgan fingerprint density at radius 1 is 1.50 bits per heavy atom. The van der Waals surface area contributed by atoms with Crippen molar-refractivity contribution in [3.63, 3.8) is 0 Å². The molecule has 2 rings (SSSR count). The summed E-state index contributed by atoms with van der Waals surface area (Å²) in [4.78, 5) is 0. The molecule has 2 aliphatic rings. The van der Waals surface area contributed by atoms with Crippen LogP contribution in [-0.2, 0) is 4.74 Å². The third kappa shape index (κ3) is 1.79. The lowest BCUT2D eigenvalue weighted by atomic mass is 9.91. The van der Waals surface area contributed by atoms with Gasteiger partial charge in [-0.2, -0.15) is 0 Å². The summed E-state index contributed by atoms with van der Waals surface area (Å²) >= 11 is 0. The van der Waals surface area contributed by atoms with E-state index in [2.05, 4.69) is 5.32 Å². The third-order valence-electron chi connectivity index (χ3n) is 2.98. The van der Waals surface area contributed by atoms with E-state index in [1.807, 2.05) is 0 Å². The number of rotatable bonds is 3. The van der Waals surface area contributed by atoms with Gasteiger partial charge in [-0.25, -0.2) is 0 Å². The quantitative estimate of drug-likeness (QED) is 0.638. The Bertz CT molecular complexity index is 151. The maximum atomic E-state index is 6.10. The topological polar surface area (TPSA) is 47.3 Å². The van der Waals surface area contributed by atoms with Crippen LogP contribution in [0.15, 0.2) is 0 Å². The molecule has 0 aromatic rings. The van der Waals surface area contributed by atoms with E-state index in [0.29, 0.717) is 0 Å². The van der Waals surface area contributed by atoms with Crippen molar-refractivity contribution in [3.8, 4) is 0 Å². The first-order valence-electron chi connectivity index (χ1n) is 4.89. The van der Waals surface area contributed by atoms with E-state index in [-0.39, 0.29) is 5.54 Å². The van der Waals surface area contributed by atoms with Crippen LogP contribution in [0.4, 0.5) is 0 Å². The summed E-state index contributed by atoms with van der Waals surface area (Å²) in [6.45, 7) is 2.49. The van der Waals surface area contributed by atoms with Crippen molar-refractivity contribution in [2.75, 3.05) is 19.8 Å². The molecule has 1 saturated carbocycles. The van der Waals surface area contributed by atoms with Crippen LogP contribution < -0.4 is 11.1 Å². The van der Waals surface area contributed by atoms with Crippen molar-refractivity contribution >= 4 is 0 Å². The summed E-state index contributed by atoms with van der Waals surface area (Å²) in [5.74, 6) is 0. The monoisotopic (exact) mass is 170 g/mol. The van der Waals surface area contributed by atoms with Crippen molar-refractivity contribution in [2.24, 2.45) is 5.73 Å². The highest BCUT2D eigenvalue weighted by Crippen LogP contribution is 2.20. The van der Waals surface area contributed by atoms with Gasteiger partial charge in [0.05, 0.1) is 12.1 Å². The summed E-state index contributed by atoms with van der Waals surface area (Å²) in [5.41, 5.74) is 6.02. The SMILES string of the molecule is NC1(CNC2CCC2)CCOC1. The van der Waals surface area contributed by atoms with E-state index < -0.39 is 0 Å². The van der Waals surface area contributed by atoms with Crippen molar-refractivity contribution in [2.45, 2.75) is 37.3 Å². The summed E-state index contributed by atoms with van der Waals surface area (Å²) in [6, 6.07) is 0.742. The van der Waals surface area contributed by atoms with Gasteiger partial charge in [0, 0.05) is 19.2 Å². The second kappa shape index (κ2) is 3.32. The second-order valence-corrected chi connectivity index (χ2v) is 4.17. The lowest BCUT2D eigenvalue weighted by molar-refractivity contribution is 0.174. The molecule has 3 heteroatoms. The smallest absolute Gasteiger partial charge is 0.0659 e. The Kier molecular flexibility index (Phi) is 2.35. The average molecular weight is 170 g/mol. The van der Waals surface area contributed by atoms with Gasteiger partial charge < -0.3 is 15.8 Å². The first kappa shape index (κ1) is 8.48. The molecule has 0 radical (unpaired) electrons. The van der Waals surface area contributed by atoms with Gasteiger partial charge in [-0.05, 0) is 19.3 Å². The maximum absolute atomic E-state index is 6.10. The fraction of sp³-hybridized carbons (Fsp3) is 1.00. The molecule has 1 aliphatic carbocycles. The van der Waals surface area contributed by atoms with Crippen LogP contribution in [-0.4, -0.2) is 31.3 Å². The van der Waals surface area contributed by atoms with Crippen molar-refractivity contribution in [3.05, 3.63) is 0 Å². The molecule has 1 heterocycles. The largest absolute Gasteiger partial charge is 0.379 e. The molecule has 0 aromatic carbocycles. The van der Waals surface area contributed by atoms with Crippen LogP contribution in [0.2, 0.25) is 0 Å². The standard InChI is InChI=1S/C9H18N2O/c10-9(4-5-12-7-9)6-11-8-2-1-3-8/h8,11H,1-7,10H2. The van der Waals surface area contributed by atoms with Gasteiger partial charge in [0.1, 0.15) is 0 Å². The third-order valence-corrected chi connectivity index (χ3v) is 2.98. The minimum atomic E-state index is -0.0738. The van der Waals surface area contributed by atoms with Crippen molar-refractivity contribution < 1.29 is 4.74 Å². The average Bonchev–Trinajstić information content (AvgIpc) is 2.33. The molecule has 3 nitrogen and oxygen atoms in total. The van der Waals surface area contributed by atoms with Crippen molar-refractivity contribution in [1.82, 2.24) is 5.32 Å². The highest BCUT2D eigenvalue weighted by atomic mass is 16.5. The summed E-state index contributed by atoms with van der Waals surface area (Å²) < 4.78 is 5.28. The van der Waals surface area contributed by atoms with Gasteiger partial charge >= 0.3 is 0 Å². The Labute approximate surface area is 73.7 Å². The minimum absolute atomic E-state index is 0.0738. The number of nitrogens with one attached hydrogen (secondary N) is 1. The fourth-order valence-corrected chi connectivity index (χ4v) is 1.72. The van der Waals surface area contributed by atoms with Crippen LogP contribution in [0.1, 0.15) is 25.7 Å². The second-order valence-electron chi connectivity index (χ2n) is 4.17. The first-order chi connectivity index (χ1) is 5.79. The van der Waals surface area contributed by atoms with Crippen LogP contribution in [0.3, 0.4) is 0 Å². The predicted octanol–water partition coefficient (Wildman–Crippen LogP) is 0.246. The molecule has 2 fully saturated rings. The molecule has 12 heavy (non-hydrogen) atoms. The lowest BCUT2D eigenvalue weighted by Crippen LogP contribution is -2.52. The zero-order chi connectivity index (χ0) is 8.44. The van der Waals surface area contributed by atoms with E-state index in [1.165, 1.54) is 19.3 Å². The normalized spacial score (nSPS) is 36.8. The first-order valence-corrected chi connectivity index (χ1v) is 4.89. The highest BCUT2D eigenvalue weighted by Gasteiger charge is 2.31. The van der Waals surface area contributed by atoms with Gasteiger partial charge in [-0.3, -0.25) is 0 Å². The molecule has 1 saturated heterocycles. The number of nitrogens with two attached hydrogens (primary N) is 1. The fourth-order valence-electron chi connectivity index (χ4n) is 1.72. The molecule has 0 amide bonds. The summed E-state index contributed by atoms with van der Waals surface area (Å²) in [7, 11) is 0. The molecule has 1 aliphatic heterocycles. The van der Waals surface area contributed by atoms with Gasteiger partial charge in [-0.1, -0.05) is 6.42 Å².